The van der Waals surface area contributed by atoms with E-state index in [0.29, 0.717) is 5.56 Å². The Morgan fingerprint density at radius 1 is 1.20 bits per heavy atom. The Kier molecular flexibility index (Phi) is 3.84. The number of halogens is 1. The summed E-state index contributed by atoms with van der Waals surface area (Å²) in [5.41, 5.74) is 5.77. The van der Waals surface area contributed by atoms with Crippen LogP contribution in [0.2, 0.25) is 0 Å². The van der Waals surface area contributed by atoms with E-state index in [9.17, 15) is 4.39 Å². The summed E-state index contributed by atoms with van der Waals surface area (Å²) in [6.45, 7) is 7.79. The Morgan fingerprint density at radius 3 is 2.25 bits per heavy atom. The molecule has 1 unspecified atom stereocenters. The van der Waals surface area contributed by atoms with Crippen LogP contribution >= 0.6 is 0 Å². The molecule has 20 heavy (non-hydrogen) atoms. The smallest absolute Gasteiger partial charge is 0.480 e. The Bertz CT molecular complexity index is 491. The minimum Gasteiger partial charge on any atom is -0.493 e. The molecular formula is C14H21BFNO3. The highest BCUT2D eigenvalue weighted by Gasteiger charge is 2.53. The molecule has 0 radical (unpaired) electrons. The van der Waals surface area contributed by atoms with Crippen LogP contribution in [0.4, 0.5) is 4.39 Å². The monoisotopic (exact) mass is 281 g/mol. The highest BCUT2D eigenvalue weighted by molar-refractivity contribution is 6.47. The van der Waals surface area contributed by atoms with E-state index in [1.165, 1.54) is 13.2 Å². The van der Waals surface area contributed by atoms with Gasteiger partial charge in [0.2, 0.25) is 0 Å². The first-order chi connectivity index (χ1) is 9.19. The second-order valence-electron chi connectivity index (χ2n) is 6.01. The lowest BCUT2D eigenvalue weighted by Crippen LogP contribution is -2.41. The van der Waals surface area contributed by atoms with Crippen LogP contribution in [0.5, 0.6) is 5.75 Å². The zero-order valence-corrected chi connectivity index (χ0v) is 12.6. The highest BCUT2D eigenvalue weighted by Crippen LogP contribution is 2.40. The quantitative estimate of drug-likeness (QED) is 0.865. The number of nitrogens with two attached hydrogens (primary N) is 1. The van der Waals surface area contributed by atoms with Crippen molar-refractivity contribution in [2.75, 3.05) is 7.11 Å². The van der Waals surface area contributed by atoms with Crippen molar-refractivity contribution in [3.8, 4) is 5.75 Å². The third-order valence-corrected chi connectivity index (χ3v) is 4.13. The molecule has 1 aliphatic rings. The lowest BCUT2D eigenvalue weighted by Gasteiger charge is -2.32. The fraction of sp³-hybridized carbons (Fsp3) is 0.571. The Hall–Kier alpha value is -1.11. The summed E-state index contributed by atoms with van der Waals surface area (Å²) in [5, 5.41) is 0. The van der Waals surface area contributed by atoms with Gasteiger partial charge in [0.15, 0.2) is 11.6 Å². The van der Waals surface area contributed by atoms with Crippen molar-refractivity contribution in [1.82, 2.24) is 0 Å². The average molecular weight is 281 g/mol. The Labute approximate surface area is 119 Å². The molecule has 1 heterocycles. The van der Waals surface area contributed by atoms with Crippen molar-refractivity contribution in [1.29, 1.82) is 0 Å². The molecule has 6 heteroatoms. The molecule has 1 aromatic rings. The molecule has 1 aliphatic heterocycles. The largest absolute Gasteiger partial charge is 0.493 e. The van der Waals surface area contributed by atoms with Crippen LogP contribution in [0, 0.1) is 5.82 Å². The van der Waals surface area contributed by atoms with Crippen molar-refractivity contribution >= 4 is 7.12 Å². The summed E-state index contributed by atoms with van der Waals surface area (Å²) in [6, 6.07) is 4.65. The third kappa shape index (κ3) is 2.43. The SMILES string of the molecule is COc1c(F)cccc1C(N)B1OC(C)(C)C(C)(C)O1. The highest BCUT2D eigenvalue weighted by atomic mass is 19.1. The van der Waals surface area contributed by atoms with Crippen LogP contribution in [0.3, 0.4) is 0 Å². The van der Waals surface area contributed by atoms with Crippen molar-refractivity contribution in [2.45, 2.75) is 44.8 Å². The zero-order valence-electron chi connectivity index (χ0n) is 12.6. The summed E-state index contributed by atoms with van der Waals surface area (Å²) >= 11 is 0. The molecule has 0 aliphatic carbocycles. The van der Waals surface area contributed by atoms with Gasteiger partial charge in [0.05, 0.1) is 24.3 Å². The number of hydrogen-bond acceptors (Lipinski definition) is 4. The van der Waals surface area contributed by atoms with E-state index in [4.69, 9.17) is 19.8 Å². The summed E-state index contributed by atoms with van der Waals surface area (Å²) in [6.07, 6.45) is 0. The van der Waals surface area contributed by atoms with Gasteiger partial charge in [-0.2, -0.15) is 0 Å². The first-order valence-corrected chi connectivity index (χ1v) is 6.63. The molecule has 4 nitrogen and oxygen atoms in total. The number of hydrogen-bond donors (Lipinski definition) is 1. The topological polar surface area (TPSA) is 53.7 Å². The summed E-state index contributed by atoms with van der Waals surface area (Å²) < 4.78 is 30.6. The minimum atomic E-state index is -0.643. The van der Waals surface area contributed by atoms with E-state index in [1.807, 2.05) is 27.7 Å². The van der Waals surface area contributed by atoms with Gasteiger partial charge in [-0.1, -0.05) is 12.1 Å². The van der Waals surface area contributed by atoms with Crippen LogP contribution in [0.1, 0.15) is 39.2 Å². The number of methoxy groups -OCH3 is 1. The molecule has 2 N–H and O–H groups in total. The summed E-state index contributed by atoms with van der Waals surface area (Å²) in [4.78, 5) is 0. The van der Waals surface area contributed by atoms with Gasteiger partial charge in [-0.05, 0) is 33.8 Å². The molecule has 110 valence electrons. The molecular weight excluding hydrogens is 260 g/mol. The summed E-state index contributed by atoms with van der Waals surface area (Å²) in [5.74, 6) is -0.937. The number of benzene rings is 1. The maximum atomic E-state index is 13.7. The van der Waals surface area contributed by atoms with Crippen molar-refractivity contribution in [3.63, 3.8) is 0 Å². The predicted molar refractivity (Wildman–Crippen MR) is 76.0 cm³/mol. The Balaban J connectivity index is 2.30. The molecule has 0 amide bonds. The first kappa shape index (κ1) is 15.3. The van der Waals surface area contributed by atoms with Crippen molar-refractivity contribution in [3.05, 3.63) is 29.6 Å². The average Bonchev–Trinajstić information content (AvgIpc) is 2.57. The number of rotatable bonds is 3. The molecule has 1 atom stereocenters. The molecule has 1 fully saturated rings. The summed E-state index contributed by atoms with van der Waals surface area (Å²) in [7, 11) is 0.773. The maximum Gasteiger partial charge on any atom is 0.480 e. The molecule has 1 saturated heterocycles. The predicted octanol–water partition coefficient (Wildman–Crippen LogP) is 2.47. The van der Waals surface area contributed by atoms with Gasteiger partial charge in [0.25, 0.3) is 0 Å². The first-order valence-electron chi connectivity index (χ1n) is 6.63. The van der Waals surface area contributed by atoms with Crippen molar-refractivity contribution in [2.24, 2.45) is 5.73 Å². The van der Waals surface area contributed by atoms with Gasteiger partial charge in [-0.15, -0.1) is 0 Å². The normalized spacial score (nSPS) is 21.9. The Morgan fingerprint density at radius 2 is 1.75 bits per heavy atom. The maximum absolute atomic E-state index is 13.7. The zero-order chi connectivity index (χ0) is 15.1. The fourth-order valence-corrected chi connectivity index (χ4v) is 2.19. The fourth-order valence-electron chi connectivity index (χ4n) is 2.19. The van der Waals surface area contributed by atoms with Crippen LogP contribution in [0.25, 0.3) is 0 Å². The molecule has 2 rings (SSSR count). The van der Waals surface area contributed by atoms with Gasteiger partial charge >= 0.3 is 7.12 Å². The van der Waals surface area contributed by atoms with E-state index in [1.54, 1.807) is 12.1 Å². The molecule has 0 saturated carbocycles. The van der Waals surface area contributed by atoms with Gasteiger partial charge in [0, 0.05) is 5.56 Å². The van der Waals surface area contributed by atoms with Gasteiger partial charge in [0.1, 0.15) is 0 Å². The van der Waals surface area contributed by atoms with Crippen LogP contribution < -0.4 is 10.5 Å². The third-order valence-electron chi connectivity index (χ3n) is 4.13. The van der Waals surface area contributed by atoms with E-state index in [-0.39, 0.29) is 5.75 Å². The molecule has 0 aromatic heterocycles. The van der Waals surface area contributed by atoms with Gasteiger partial charge in [-0.3, -0.25) is 0 Å². The minimum absolute atomic E-state index is 0.134. The van der Waals surface area contributed by atoms with Crippen molar-refractivity contribution < 1.29 is 18.4 Å². The molecule has 0 bridgehead atoms. The lowest BCUT2D eigenvalue weighted by molar-refractivity contribution is 0.00578. The van der Waals surface area contributed by atoms with Crippen LogP contribution in [-0.2, 0) is 9.31 Å². The van der Waals surface area contributed by atoms with Gasteiger partial charge in [-0.25, -0.2) is 4.39 Å². The van der Waals surface area contributed by atoms with E-state index >= 15 is 0 Å². The van der Waals surface area contributed by atoms with Crippen LogP contribution in [-0.4, -0.2) is 25.4 Å². The van der Waals surface area contributed by atoms with Gasteiger partial charge < -0.3 is 19.8 Å². The standard InChI is InChI=1S/C14H21BFNO3/c1-13(2)14(3,4)20-15(19-13)12(17)9-7-6-8-10(16)11(9)18-5/h6-8,12H,17H2,1-5H3. The van der Waals surface area contributed by atoms with Crippen LogP contribution in [0.15, 0.2) is 18.2 Å². The number of ether oxygens (including phenoxy) is 1. The lowest BCUT2D eigenvalue weighted by atomic mass is 9.74. The molecule has 1 aromatic carbocycles. The van der Waals surface area contributed by atoms with E-state index in [2.05, 4.69) is 0 Å². The number of para-hydroxylation sites is 1. The van der Waals surface area contributed by atoms with E-state index in [0.717, 1.165) is 0 Å². The second kappa shape index (κ2) is 5.02. The molecule has 0 spiro atoms. The van der Waals surface area contributed by atoms with E-state index < -0.39 is 30.1 Å². The second-order valence-corrected chi connectivity index (χ2v) is 6.01.